The van der Waals surface area contributed by atoms with Crippen molar-refractivity contribution in [3.63, 3.8) is 0 Å². The highest BCUT2D eigenvalue weighted by molar-refractivity contribution is 7.89. The van der Waals surface area contributed by atoms with Crippen LogP contribution in [0.4, 0.5) is 0 Å². The van der Waals surface area contributed by atoms with Crippen LogP contribution in [0.15, 0.2) is 47.1 Å². The number of aromatic nitrogens is 2. The molecule has 0 bridgehead atoms. The third kappa shape index (κ3) is 3.36. The molecule has 2 heterocycles. The molecular formula is C16H20N4O2S2. The normalized spacial score (nSPS) is 13.7. The van der Waals surface area contributed by atoms with Gasteiger partial charge < -0.3 is 5.73 Å². The first kappa shape index (κ1) is 17.1. The van der Waals surface area contributed by atoms with Crippen molar-refractivity contribution in [2.75, 3.05) is 6.54 Å². The molecule has 0 aliphatic rings. The van der Waals surface area contributed by atoms with Gasteiger partial charge in [-0.3, -0.25) is 4.40 Å². The maximum absolute atomic E-state index is 12.5. The zero-order chi connectivity index (χ0) is 17.3. The minimum atomic E-state index is -3.66. The summed E-state index contributed by atoms with van der Waals surface area (Å²) in [5, 5.41) is 1.92. The monoisotopic (exact) mass is 364 g/mol. The molecule has 1 unspecified atom stereocenters. The number of imidazole rings is 1. The van der Waals surface area contributed by atoms with Crippen molar-refractivity contribution in [1.82, 2.24) is 14.1 Å². The summed E-state index contributed by atoms with van der Waals surface area (Å²) in [7, 11) is -3.66. The van der Waals surface area contributed by atoms with Gasteiger partial charge in [-0.1, -0.05) is 38.1 Å². The number of nitrogens with two attached hydrogens (primary N) is 1. The van der Waals surface area contributed by atoms with Crippen molar-refractivity contribution >= 4 is 26.3 Å². The summed E-state index contributed by atoms with van der Waals surface area (Å²) in [5.41, 5.74) is 8.25. The van der Waals surface area contributed by atoms with Crippen LogP contribution >= 0.6 is 11.3 Å². The average molecular weight is 364 g/mol. The zero-order valence-corrected chi connectivity index (χ0v) is 15.1. The highest BCUT2D eigenvalue weighted by Gasteiger charge is 2.21. The molecule has 0 amide bonds. The van der Waals surface area contributed by atoms with E-state index in [0.717, 1.165) is 5.56 Å². The van der Waals surface area contributed by atoms with Crippen molar-refractivity contribution in [1.29, 1.82) is 0 Å². The van der Waals surface area contributed by atoms with Gasteiger partial charge in [-0.2, -0.15) is 0 Å². The van der Waals surface area contributed by atoms with Crippen molar-refractivity contribution in [3.05, 3.63) is 53.2 Å². The second-order valence-electron chi connectivity index (χ2n) is 5.93. The summed E-state index contributed by atoms with van der Waals surface area (Å²) in [6.45, 7) is 4.38. The minimum Gasteiger partial charge on any atom is -0.323 e. The molecule has 3 N–H and O–H groups in total. The third-order valence-electron chi connectivity index (χ3n) is 3.91. The van der Waals surface area contributed by atoms with Crippen LogP contribution in [0, 0.1) is 0 Å². The van der Waals surface area contributed by atoms with Crippen LogP contribution in [0.25, 0.3) is 4.96 Å². The summed E-state index contributed by atoms with van der Waals surface area (Å²) >= 11 is 1.38. The van der Waals surface area contributed by atoms with Gasteiger partial charge >= 0.3 is 0 Å². The maximum atomic E-state index is 12.5. The smallest absolute Gasteiger partial charge is 0.258 e. The highest BCUT2D eigenvalue weighted by atomic mass is 32.2. The molecule has 3 aromatic rings. The van der Waals surface area contributed by atoms with E-state index in [9.17, 15) is 8.42 Å². The Labute approximate surface area is 145 Å². The van der Waals surface area contributed by atoms with Gasteiger partial charge in [0.1, 0.15) is 0 Å². The second kappa shape index (κ2) is 6.64. The number of hydrogen-bond donors (Lipinski definition) is 2. The second-order valence-corrected chi connectivity index (χ2v) is 8.52. The Hall–Kier alpha value is -1.74. The Balaban J connectivity index is 1.71. The van der Waals surface area contributed by atoms with Crippen LogP contribution in [-0.4, -0.2) is 24.3 Å². The van der Waals surface area contributed by atoms with Gasteiger partial charge in [0.2, 0.25) is 0 Å². The van der Waals surface area contributed by atoms with E-state index in [2.05, 4.69) is 23.6 Å². The van der Waals surface area contributed by atoms with Crippen LogP contribution < -0.4 is 10.5 Å². The number of hydrogen-bond acceptors (Lipinski definition) is 5. The van der Waals surface area contributed by atoms with E-state index in [1.54, 1.807) is 16.0 Å². The Morgan fingerprint density at radius 2 is 1.92 bits per heavy atom. The van der Waals surface area contributed by atoms with Gasteiger partial charge in [0.05, 0.1) is 6.20 Å². The molecule has 2 aromatic heterocycles. The topological polar surface area (TPSA) is 89.5 Å². The number of sulfonamides is 1. The van der Waals surface area contributed by atoms with E-state index >= 15 is 0 Å². The third-order valence-corrected chi connectivity index (χ3v) is 6.08. The summed E-state index contributed by atoms with van der Waals surface area (Å²) in [6.07, 6.45) is 3.04. The Morgan fingerprint density at radius 3 is 2.58 bits per heavy atom. The number of rotatable bonds is 6. The predicted octanol–water partition coefficient (Wildman–Crippen LogP) is 2.50. The highest BCUT2D eigenvalue weighted by Crippen LogP contribution is 2.19. The fourth-order valence-corrected chi connectivity index (χ4v) is 4.32. The molecule has 0 saturated heterocycles. The Morgan fingerprint density at radius 1 is 1.25 bits per heavy atom. The quantitative estimate of drug-likeness (QED) is 0.703. The molecule has 24 heavy (non-hydrogen) atoms. The van der Waals surface area contributed by atoms with Gasteiger partial charge in [0.25, 0.3) is 10.0 Å². The summed E-state index contributed by atoms with van der Waals surface area (Å²) in [4.78, 5) is 4.73. The van der Waals surface area contributed by atoms with Crippen LogP contribution in [0.5, 0.6) is 0 Å². The summed E-state index contributed by atoms with van der Waals surface area (Å²) in [5.74, 6) is 0.448. The number of fused-ring (bicyclic) bond motifs is 1. The van der Waals surface area contributed by atoms with Crippen LogP contribution in [-0.2, 0) is 10.0 Å². The van der Waals surface area contributed by atoms with Gasteiger partial charge in [-0.05, 0) is 17.0 Å². The Kier molecular flexibility index (Phi) is 4.73. The minimum absolute atomic E-state index is 0.126. The van der Waals surface area contributed by atoms with Crippen molar-refractivity contribution < 1.29 is 8.42 Å². The molecule has 128 valence electrons. The van der Waals surface area contributed by atoms with Gasteiger partial charge in [0, 0.05) is 24.2 Å². The first-order chi connectivity index (χ1) is 11.4. The van der Waals surface area contributed by atoms with E-state index in [4.69, 9.17) is 5.73 Å². The lowest BCUT2D eigenvalue weighted by Crippen LogP contribution is -2.32. The van der Waals surface area contributed by atoms with Gasteiger partial charge in [-0.15, -0.1) is 11.3 Å². The predicted molar refractivity (Wildman–Crippen MR) is 95.7 cm³/mol. The SMILES string of the molecule is CC(C)c1ccc(C(N)CNS(=O)(=O)c2cnc3sccn23)cc1. The molecular weight excluding hydrogens is 344 g/mol. The molecule has 3 rings (SSSR count). The van der Waals surface area contributed by atoms with E-state index in [1.807, 2.05) is 24.3 Å². The molecule has 0 aliphatic heterocycles. The van der Waals surface area contributed by atoms with E-state index in [0.29, 0.717) is 10.9 Å². The molecule has 1 atom stereocenters. The number of nitrogens with zero attached hydrogens (tertiary/aromatic N) is 2. The van der Waals surface area contributed by atoms with Crippen molar-refractivity contribution in [2.24, 2.45) is 5.73 Å². The molecule has 0 spiro atoms. The maximum Gasteiger partial charge on any atom is 0.258 e. The number of thiazole rings is 1. The fraction of sp³-hybridized carbons (Fsp3) is 0.312. The first-order valence-corrected chi connectivity index (χ1v) is 10.0. The van der Waals surface area contributed by atoms with Crippen molar-refractivity contribution in [2.45, 2.75) is 30.8 Å². The lowest BCUT2D eigenvalue weighted by molar-refractivity contribution is 0.567. The van der Waals surface area contributed by atoms with Crippen LogP contribution in [0.3, 0.4) is 0 Å². The van der Waals surface area contributed by atoms with E-state index in [-0.39, 0.29) is 11.6 Å². The summed E-state index contributed by atoms with van der Waals surface area (Å²) in [6, 6.07) is 7.54. The average Bonchev–Trinajstić information content (AvgIpc) is 3.15. The van der Waals surface area contributed by atoms with E-state index < -0.39 is 16.1 Å². The largest absolute Gasteiger partial charge is 0.323 e. The van der Waals surface area contributed by atoms with Crippen molar-refractivity contribution in [3.8, 4) is 0 Å². The molecule has 1 aromatic carbocycles. The van der Waals surface area contributed by atoms with Gasteiger partial charge in [-0.25, -0.2) is 18.1 Å². The molecule has 0 fully saturated rings. The fourth-order valence-electron chi connectivity index (χ4n) is 2.42. The molecule has 8 heteroatoms. The standard InChI is InChI=1S/C16H20N4O2S2/c1-11(2)12-3-5-13(6-4-12)14(17)9-19-24(21,22)15-10-18-16-20(15)7-8-23-16/h3-8,10-11,14,19H,9,17H2,1-2H3. The molecule has 0 aliphatic carbocycles. The molecule has 0 saturated carbocycles. The number of nitrogens with one attached hydrogen (secondary N) is 1. The van der Waals surface area contributed by atoms with E-state index in [1.165, 1.54) is 23.1 Å². The molecule has 6 nitrogen and oxygen atoms in total. The van der Waals surface area contributed by atoms with Gasteiger partial charge in [0.15, 0.2) is 9.99 Å². The Bertz CT molecular complexity index is 927. The van der Waals surface area contributed by atoms with Crippen LogP contribution in [0.2, 0.25) is 0 Å². The molecule has 0 radical (unpaired) electrons. The zero-order valence-electron chi connectivity index (χ0n) is 13.5. The summed E-state index contributed by atoms with van der Waals surface area (Å²) < 4.78 is 29.0. The lowest BCUT2D eigenvalue weighted by atomic mass is 9.99. The first-order valence-electron chi connectivity index (χ1n) is 7.64. The lowest BCUT2D eigenvalue weighted by Gasteiger charge is -2.14. The number of benzene rings is 1. The van der Waals surface area contributed by atoms with Crippen LogP contribution in [0.1, 0.15) is 36.9 Å².